The van der Waals surface area contributed by atoms with E-state index in [1.54, 1.807) is 40.4 Å². The molecule has 2 aromatic rings. The fraction of sp³-hybridized carbons (Fsp3) is 0.0909. The standard InChI is InChI=1S/C11H11N3O2S/c12-13-10(15)9-3-1-8(2-4-9)7-14-5-6-17-11(14)16/h1-6H,7,12H2,(H,13,15). The Hall–Kier alpha value is -1.92. The van der Waals surface area contributed by atoms with Crippen molar-refractivity contribution in [3.8, 4) is 0 Å². The summed E-state index contributed by atoms with van der Waals surface area (Å²) < 4.78 is 1.61. The van der Waals surface area contributed by atoms with Gasteiger partial charge >= 0.3 is 4.87 Å². The first-order chi connectivity index (χ1) is 8.20. The quantitative estimate of drug-likeness (QED) is 0.474. The van der Waals surface area contributed by atoms with Gasteiger partial charge in [-0.3, -0.25) is 15.0 Å². The number of nitrogens with one attached hydrogen (secondary N) is 1. The van der Waals surface area contributed by atoms with Gasteiger partial charge in [0.1, 0.15) is 0 Å². The first-order valence-corrected chi connectivity index (χ1v) is 5.82. The monoisotopic (exact) mass is 249 g/mol. The average molecular weight is 249 g/mol. The van der Waals surface area contributed by atoms with Crippen molar-refractivity contribution in [3.05, 3.63) is 56.6 Å². The number of carbonyl (C=O) groups excluding carboxylic acids is 1. The van der Waals surface area contributed by atoms with Crippen molar-refractivity contribution in [1.82, 2.24) is 9.99 Å². The highest BCUT2D eigenvalue weighted by Gasteiger charge is 2.03. The Labute approximate surface area is 101 Å². The van der Waals surface area contributed by atoms with Gasteiger partial charge in [0.05, 0.1) is 6.54 Å². The maximum atomic E-state index is 11.3. The number of hydrogen-bond acceptors (Lipinski definition) is 4. The van der Waals surface area contributed by atoms with Crippen LogP contribution in [0, 0.1) is 0 Å². The van der Waals surface area contributed by atoms with Gasteiger partial charge in [0.15, 0.2) is 0 Å². The number of hydrogen-bond donors (Lipinski definition) is 2. The van der Waals surface area contributed by atoms with E-state index in [9.17, 15) is 9.59 Å². The van der Waals surface area contributed by atoms with Crippen molar-refractivity contribution in [2.24, 2.45) is 5.84 Å². The molecule has 0 fully saturated rings. The molecule has 2 rings (SSSR count). The zero-order valence-corrected chi connectivity index (χ0v) is 9.74. The molecule has 0 aliphatic carbocycles. The third-order valence-corrected chi connectivity index (χ3v) is 3.04. The molecular formula is C11H11N3O2S. The average Bonchev–Trinajstić information content (AvgIpc) is 2.75. The summed E-state index contributed by atoms with van der Waals surface area (Å²) in [5.41, 5.74) is 3.51. The molecule has 17 heavy (non-hydrogen) atoms. The summed E-state index contributed by atoms with van der Waals surface area (Å²) in [5.74, 6) is 4.70. The van der Waals surface area contributed by atoms with Crippen LogP contribution in [0.15, 0.2) is 40.6 Å². The molecule has 1 amide bonds. The normalized spacial score (nSPS) is 10.2. The molecule has 88 valence electrons. The molecule has 6 heteroatoms. The highest BCUT2D eigenvalue weighted by molar-refractivity contribution is 7.07. The minimum Gasteiger partial charge on any atom is -0.302 e. The van der Waals surface area contributed by atoms with Crippen molar-refractivity contribution in [2.45, 2.75) is 6.54 Å². The van der Waals surface area contributed by atoms with Crippen LogP contribution in [0.4, 0.5) is 0 Å². The second-order valence-electron chi connectivity index (χ2n) is 3.47. The Morgan fingerprint density at radius 3 is 2.59 bits per heavy atom. The molecule has 0 saturated heterocycles. The molecular weight excluding hydrogens is 238 g/mol. The largest absolute Gasteiger partial charge is 0.307 e. The van der Waals surface area contributed by atoms with Crippen molar-refractivity contribution < 1.29 is 4.79 Å². The predicted octanol–water partition coefficient (Wildman–Crippen LogP) is 0.562. The number of hydrazine groups is 1. The van der Waals surface area contributed by atoms with Crippen molar-refractivity contribution in [2.75, 3.05) is 0 Å². The van der Waals surface area contributed by atoms with Gasteiger partial charge in [-0.15, -0.1) is 0 Å². The molecule has 0 aliphatic rings. The molecule has 0 bridgehead atoms. The Bertz CT molecular complexity index is 571. The van der Waals surface area contributed by atoms with Gasteiger partial charge in [0.2, 0.25) is 0 Å². The van der Waals surface area contributed by atoms with E-state index in [1.807, 2.05) is 0 Å². The lowest BCUT2D eigenvalue weighted by molar-refractivity contribution is 0.0953. The molecule has 1 aromatic heterocycles. The van der Waals surface area contributed by atoms with E-state index in [4.69, 9.17) is 5.84 Å². The third-order valence-electron chi connectivity index (χ3n) is 2.34. The fourth-order valence-corrected chi connectivity index (χ4v) is 2.03. The summed E-state index contributed by atoms with van der Waals surface area (Å²) in [5, 5.41) is 1.75. The lowest BCUT2D eigenvalue weighted by Crippen LogP contribution is -2.29. The van der Waals surface area contributed by atoms with Crippen molar-refractivity contribution in [3.63, 3.8) is 0 Å². The minimum absolute atomic E-state index is 0.00813. The molecule has 0 saturated carbocycles. The van der Waals surface area contributed by atoms with E-state index >= 15 is 0 Å². The van der Waals surface area contributed by atoms with Gasteiger partial charge in [-0.1, -0.05) is 23.5 Å². The molecule has 3 N–H and O–H groups in total. The van der Waals surface area contributed by atoms with Gasteiger partial charge in [0.25, 0.3) is 5.91 Å². The predicted molar refractivity (Wildman–Crippen MR) is 65.8 cm³/mol. The number of nitrogen functional groups attached to an aromatic ring is 1. The van der Waals surface area contributed by atoms with Gasteiger partial charge in [-0.05, 0) is 17.7 Å². The number of thiazole rings is 1. The van der Waals surface area contributed by atoms with Gasteiger partial charge in [-0.2, -0.15) is 0 Å². The molecule has 0 spiro atoms. The highest BCUT2D eigenvalue weighted by Crippen LogP contribution is 2.06. The highest BCUT2D eigenvalue weighted by atomic mass is 32.1. The van der Waals surface area contributed by atoms with E-state index in [1.165, 1.54) is 0 Å². The number of nitrogens with zero attached hydrogens (tertiary/aromatic N) is 1. The Balaban J connectivity index is 2.16. The molecule has 1 aromatic carbocycles. The Morgan fingerprint density at radius 2 is 2.06 bits per heavy atom. The molecule has 1 heterocycles. The van der Waals surface area contributed by atoms with Gasteiger partial charge in [0, 0.05) is 17.1 Å². The Kier molecular flexibility index (Phi) is 3.36. The number of carbonyl (C=O) groups is 1. The lowest BCUT2D eigenvalue weighted by Gasteiger charge is -2.03. The molecule has 0 aliphatic heterocycles. The van der Waals surface area contributed by atoms with Crippen LogP contribution in [-0.4, -0.2) is 10.5 Å². The van der Waals surface area contributed by atoms with Gasteiger partial charge in [-0.25, -0.2) is 5.84 Å². The summed E-state index contributed by atoms with van der Waals surface area (Å²) in [6.45, 7) is 0.507. The number of aromatic nitrogens is 1. The number of amides is 1. The third kappa shape index (κ3) is 2.61. The molecule has 5 nitrogen and oxygen atoms in total. The first kappa shape index (κ1) is 11.6. The summed E-state index contributed by atoms with van der Waals surface area (Å²) in [4.78, 5) is 22.6. The molecule has 0 atom stereocenters. The zero-order chi connectivity index (χ0) is 12.3. The maximum Gasteiger partial charge on any atom is 0.307 e. The van der Waals surface area contributed by atoms with E-state index in [0.29, 0.717) is 12.1 Å². The molecule has 0 radical (unpaired) electrons. The second-order valence-corrected chi connectivity index (χ2v) is 4.32. The smallest absolute Gasteiger partial charge is 0.302 e. The van der Waals surface area contributed by atoms with Crippen LogP contribution >= 0.6 is 11.3 Å². The summed E-state index contributed by atoms with van der Waals surface area (Å²) in [6, 6.07) is 6.95. The van der Waals surface area contributed by atoms with E-state index in [0.717, 1.165) is 16.9 Å². The fourth-order valence-electron chi connectivity index (χ4n) is 1.45. The van der Waals surface area contributed by atoms with Crippen LogP contribution in [0.5, 0.6) is 0 Å². The van der Waals surface area contributed by atoms with Crippen LogP contribution < -0.4 is 16.1 Å². The molecule has 0 unspecified atom stereocenters. The number of benzene rings is 1. The number of nitrogens with two attached hydrogens (primary N) is 1. The SMILES string of the molecule is NNC(=O)c1ccc(Cn2ccsc2=O)cc1. The van der Waals surface area contributed by atoms with Crippen LogP contribution in [0.3, 0.4) is 0 Å². The van der Waals surface area contributed by atoms with Crippen LogP contribution in [0.25, 0.3) is 0 Å². The van der Waals surface area contributed by atoms with Gasteiger partial charge < -0.3 is 4.57 Å². The second kappa shape index (κ2) is 4.94. The van der Waals surface area contributed by atoms with Crippen LogP contribution in [-0.2, 0) is 6.54 Å². The zero-order valence-electron chi connectivity index (χ0n) is 8.92. The van der Waals surface area contributed by atoms with E-state index in [-0.39, 0.29) is 10.8 Å². The summed E-state index contributed by atoms with van der Waals surface area (Å²) in [6.07, 6.45) is 1.74. The van der Waals surface area contributed by atoms with Crippen LogP contribution in [0.1, 0.15) is 15.9 Å². The lowest BCUT2D eigenvalue weighted by atomic mass is 10.1. The maximum absolute atomic E-state index is 11.3. The van der Waals surface area contributed by atoms with Crippen molar-refractivity contribution in [1.29, 1.82) is 0 Å². The Morgan fingerprint density at radius 1 is 1.35 bits per heavy atom. The number of rotatable bonds is 3. The minimum atomic E-state index is -0.329. The van der Waals surface area contributed by atoms with Crippen molar-refractivity contribution >= 4 is 17.2 Å². The summed E-state index contributed by atoms with van der Waals surface area (Å²) in [7, 11) is 0. The van der Waals surface area contributed by atoms with E-state index < -0.39 is 0 Å². The topological polar surface area (TPSA) is 77.1 Å². The van der Waals surface area contributed by atoms with Crippen LogP contribution in [0.2, 0.25) is 0 Å². The summed E-state index contributed by atoms with van der Waals surface area (Å²) >= 11 is 1.16. The van der Waals surface area contributed by atoms with E-state index in [2.05, 4.69) is 5.43 Å². The first-order valence-electron chi connectivity index (χ1n) is 4.94.